The van der Waals surface area contributed by atoms with E-state index in [1.165, 1.54) is 34.2 Å². The zero-order chi connectivity index (χ0) is 37.3. The molecule has 1 saturated carbocycles. The number of aromatic nitrogens is 1. The Labute approximate surface area is 302 Å². The molecular weight excluding hydrogens is 694 g/mol. The number of alkyl halides is 2. The van der Waals surface area contributed by atoms with E-state index in [-0.39, 0.29) is 51.1 Å². The van der Waals surface area contributed by atoms with Crippen molar-refractivity contribution in [3.05, 3.63) is 88.6 Å². The van der Waals surface area contributed by atoms with Gasteiger partial charge in [0, 0.05) is 54.2 Å². The molecule has 5 rings (SSSR count). The van der Waals surface area contributed by atoms with Crippen molar-refractivity contribution in [2.24, 2.45) is 0 Å². The standard InChI is InChI=1S/C37H39ClF2N6O4Si/c1-36(2,3)51(4,5)50-30-17-27(45(35(30)49)31-16-24(22-42)13-14-43-31)18-32(47)46(26-10-8-9-23(15-26)21-41)33(28-11-6-7-12-29(28)38)34(48)44-25-19-37(39,40)20-25/h6-16,25,27,30,33H,17-20H2,1-5H3,(H,44,48)/t27-,30+,33?/m0/s1. The molecule has 2 fully saturated rings. The largest absolute Gasteiger partial charge is 0.405 e. The third-order valence-electron chi connectivity index (χ3n) is 9.80. The molecule has 0 spiro atoms. The number of pyridine rings is 1. The summed E-state index contributed by atoms with van der Waals surface area (Å²) in [6, 6.07) is 16.5. The average molecular weight is 733 g/mol. The number of hydrogen-bond donors (Lipinski definition) is 1. The number of rotatable bonds is 10. The van der Waals surface area contributed by atoms with Gasteiger partial charge in [-0.3, -0.25) is 24.2 Å². The highest BCUT2D eigenvalue weighted by atomic mass is 35.5. The number of amides is 3. The van der Waals surface area contributed by atoms with Gasteiger partial charge in [-0.25, -0.2) is 13.8 Å². The minimum absolute atomic E-state index is 0.113. The number of anilines is 2. The summed E-state index contributed by atoms with van der Waals surface area (Å²) in [7, 11) is -2.49. The molecule has 1 unspecified atom stereocenters. The quantitative estimate of drug-likeness (QED) is 0.220. The van der Waals surface area contributed by atoms with Gasteiger partial charge in [0.2, 0.25) is 11.8 Å². The summed E-state index contributed by atoms with van der Waals surface area (Å²) in [5, 5.41) is 21.9. The van der Waals surface area contributed by atoms with Crippen LogP contribution in [0.1, 0.15) is 69.2 Å². The minimum atomic E-state index is -2.91. The van der Waals surface area contributed by atoms with Gasteiger partial charge in [-0.05, 0) is 54.5 Å². The molecule has 1 N–H and O–H groups in total. The first-order chi connectivity index (χ1) is 23.9. The van der Waals surface area contributed by atoms with Gasteiger partial charge in [-0.1, -0.05) is 56.6 Å². The summed E-state index contributed by atoms with van der Waals surface area (Å²) < 4.78 is 34.2. The lowest BCUT2D eigenvalue weighted by atomic mass is 9.87. The maximum absolute atomic E-state index is 14.8. The second kappa shape index (κ2) is 14.5. The third-order valence-corrected chi connectivity index (χ3v) is 14.6. The van der Waals surface area contributed by atoms with Gasteiger partial charge < -0.3 is 9.74 Å². The van der Waals surface area contributed by atoms with E-state index in [9.17, 15) is 33.7 Å². The van der Waals surface area contributed by atoms with E-state index in [0.29, 0.717) is 0 Å². The van der Waals surface area contributed by atoms with Crippen LogP contribution in [0.5, 0.6) is 0 Å². The number of nitrogens with one attached hydrogen (secondary N) is 1. The number of carbonyl (C=O) groups is 3. The Kier molecular flexibility index (Phi) is 10.7. The molecule has 0 bridgehead atoms. The topological polar surface area (TPSA) is 139 Å². The number of benzene rings is 2. The van der Waals surface area contributed by atoms with Gasteiger partial charge in [-0.2, -0.15) is 10.5 Å². The van der Waals surface area contributed by atoms with Crippen molar-refractivity contribution in [3.8, 4) is 12.1 Å². The molecule has 2 aromatic carbocycles. The molecule has 0 radical (unpaired) electrons. The van der Waals surface area contributed by atoms with Crippen LogP contribution in [-0.4, -0.2) is 55.1 Å². The summed E-state index contributed by atoms with van der Waals surface area (Å²) in [5.41, 5.74) is 0.895. The highest BCUT2D eigenvalue weighted by molar-refractivity contribution is 6.74. The Bertz CT molecular complexity index is 1920. The highest BCUT2D eigenvalue weighted by Gasteiger charge is 2.50. The Hall–Kier alpha value is -4.69. The third kappa shape index (κ3) is 8.12. The van der Waals surface area contributed by atoms with Gasteiger partial charge in [0.05, 0.1) is 29.3 Å². The maximum Gasteiger partial charge on any atom is 0.256 e. The fourth-order valence-electron chi connectivity index (χ4n) is 6.11. The fraction of sp³-hybridized carbons (Fsp3) is 0.405. The fourth-order valence-corrected chi connectivity index (χ4v) is 7.61. The zero-order valence-corrected chi connectivity index (χ0v) is 30.7. The van der Waals surface area contributed by atoms with E-state index < -0.39 is 69.0 Å². The summed E-state index contributed by atoms with van der Waals surface area (Å²) in [6.07, 6.45) is -0.807. The van der Waals surface area contributed by atoms with Gasteiger partial charge in [-0.15, -0.1) is 0 Å². The van der Waals surface area contributed by atoms with E-state index in [1.54, 1.807) is 42.5 Å². The van der Waals surface area contributed by atoms with Crippen LogP contribution in [0.15, 0.2) is 66.9 Å². The lowest BCUT2D eigenvalue weighted by Gasteiger charge is -2.38. The molecule has 10 nitrogen and oxygen atoms in total. The smallest absolute Gasteiger partial charge is 0.256 e. The SMILES string of the molecule is CC(C)(C)[Si](C)(C)O[C@@H]1C[C@@H](CC(=O)N(c2cccc(C#N)c2)C(C(=O)NC2CC(F)(F)C2)c2ccccc2Cl)N(c2cc(C#N)ccn2)C1=O. The molecule has 3 atom stereocenters. The second-order valence-electron chi connectivity index (χ2n) is 14.5. The Morgan fingerprint density at radius 1 is 1.10 bits per heavy atom. The van der Waals surface area contributed by atoms with Crippen LogP contribution in [0.2, 0.25) is 23.2 Å². The highest BCUT2D eigenvalue weighted by Crippen LogP contribution is 2.42. The molecule has 1 aliphatic carbocycles. The predicted octanol–water partition coefficient (Wildman–Crippen LogP) is 7.05. The van der Waals surface area contributed by atoms with Crippen LogP contribution in [0.3, 0.4) is 0 Å². The van der Waals surface area contributed by atoms with Gasteiger partial charge in [0.15, 0.2) is 8.32 Å². The van der Waals surface area contributed by atoms with E-state index in [0.717, 1.165) is 0 Å². The summed E-state index contributed by atoms with van der Waals surface area (Å²) >= 11 is 6.64. The van der Waals surface area contributed by atoms with Crippen LogP contribution in [0.25, 0.3) is 0 Å². The number of nitrogens with zero attached hydrogens (tertiary/aromatic N) is 5. The average Bonchev–Trinajstić information content (AvgIpc) is 3.35. The minimum Gasteiger partial charge on any atom is -0.405 e. The Morgan fingerprint density at radius 2 is 1.76 bits per heavy atom. The predicted molar refractivity (Wildman–Crippen MR) is 190 cm³/mol. The molecule has 1 saturated heterocycles. The molecular formula is C37H39ClF2N6O4Si. The van der Waals surface area contributed by atoms with E-state index in [1.807, 2.05) is 39.9 Å². The van der Waals surface area contributed by atoms with Crippen molar-refractivity contribution in [3.63, 3.8) is 0 Å². The Morgan fingerprint density at radius 3 is 2.39 bits per heavy atom. The normalized spacial score (nSPS) is 19.4. The van der Waals surface area contributed by atoms with Crippen molar-refractivity contribution in [1.82, 2.24) is 10.3 Å². The number of carbonyl (C=O) groups excluding carboxylic acids is 3. The van der Waals surface area contributed by atoms with Crippen LogP contribution < -0.4 is 15.1 Å². The molecule has 14 heteroatoms. The lowest BCUT2D eigenvalue weighted by molar-refractivity contribution is -0.133. The molecule has 3 amide bonds. The van der Waals surface area contributed by atoms with Crippen LogP contribution in [0, 0.1) is 22.7 Å². The second-order valence-corrected chi connectivity index (χ2v) is 19.7. The molecule has 51 heavy (non-hydrogen) atoms. The van der Waals surface area contributed by atoms with E-state index in [4.69, 9.17) is 16.0 Å². The monoisotopic (exact) mass is 732 g/mol. The summed E-state index contributed by atoms with van der Waals surface area (Å²) in [5.74, 6) is -4.50. The number of nitriles is 2. The van der Waals surface area contributed by atoms with Gasteiger partial charge in [0.1, 0.15) is 18.0 Å². The molecule has 2 aliphatic rings. The Balaban J connectivity index is 1.59. The molecule has 266 valence electrons. The van der Waals surface area contributed by atoms with Crippen LogP contribution >= 0.6 is 11.6 Å². The maximum atomic E-state index is 14.8. The van der Waals surface area contributed by atoms with Crippen LogP contribution in [-0.2, 0) is 18.8 Å². The van der Waals surface area contributed by atoms with Crippen molar-refractivity contribution >= 4 is 49.1 Å². The molecule has 3 aromatic rings. The molecule has 1 aromatic heterocycles. The first-order valence-electron chi connectivity index (χ1n) is 16.6. The van der Waals surface area contributed by atoms with Crippen LogP contribution in [0.4, 0.5) is 20.3 Å². The van der Waals surface area contributed by atoms with Crippen molar-refractivity contribution < 1.29 is 27.6 Å². The summed E-state index contributed by atoms with van der Waals surface area (Å²) in [6.45, 7) is 10.2. The zero-order valence-electron chi connectivity index (χ0n) is 29.0. The molecule has 1 aliphatic heterocycles. The first kappa shape index (κ1) is 37.6. The van der Waals surface area contributed by atoms with Crippen molar-refractivity contribution in [2.45, 2.75) is 94.7 Å². The summed E-state index contributed by atoms with van der Waals surface area (Å²) in [4.78, 5) is 50.1. The van der Waals surface area contributed by atoms with Gasteiger partial charge in [0.25, 0.3) is 11.8 Å². The van der Waals surface area contributed by atoms with Crippen molar-refractivity contribution in [2.75, 3.05) is 9.80 Å². The van der Waals surface area contributed by atoms with E-state index >= 15 is 0 Å². The van der Waals surface area contributed by atoms with Crippen molar-refractivity contribution in [1.29, 1.82) is 10.5 Å². The van der Waals surface area contributed by atoms with Gasteiger partial charge >= 0.3 is 0 Å². The lowest BCUT2D eigenvalue weighted by Crippen LogP contribution is -2.54. The number of halogens is 3. The van der Waals surface area contributed by atoms with E-state index in [2.05, 4.69) is 16.4 Å². The number of hydrogen-bond acceptors (Lipinski definition) is 7. The molecule has 2 heterocycles. The first-order valence-corrected chi connectivity index (χ1v) is 19.8.